The molecule has 5 heteroatoms. The van der Waals surface area contributed by atoms with Crippen LogP contribution >= 0.6 is 0 Å². The Bertz CT molecular complexity index is 513. The van der Waals surface area contributed by atoms with Crippen molar-refractivity contribution < 1.29 is 9.53 Å². The van der Waals surface area contributed by atoms with Crippen molar-refractivity contribution in [2.24, 2.45) is 5.41 Å². The van der Waals surface area contributed by atoms with Crippen LogP contribution in [-0.4, -0.2) is 43.6 Å². The van der Waals surface area contributed by atoms with Crippen LogP contribution in [0.15, 0.2) is 30.3 Å². The van der Waals surface area contributed by atoms with E-state index in [1.54, 1.807) is 12.0 Å². The molecule has 2 rings (SSSR count). The van der Waals surface area contributed by atoms with Gasteiger partial charge in [-0.2, -0.15) is 0 Å². The van der Waals surface area contributed by atoms with Gasteiger partial charge in [0, 0.05) is 32.8 Å². The molecule has 0 radical (unpaired) electrons. The molecule has 1 aromatic carbocycles. The number of methoxy groups -OCH3 is 1. The van der Waals surface area contributed by atoms with Crippen molar-refractivity contribution in [2.75, 3.05) is 20.7 Å². The van der Waals surface area contributed by atoms with Gasteiger partial charge in [0.2, 0.25) is 0 Å². The molecule has 0 aromatic heterocycles. The van der Waals surface area contributed by atoms with Crippen LogP contribution in [0.25, 0.3) is 0 Å². The Balaban J connectivity index is 1.95. The lowest BCUT2D eigenvalue weighted by atomic mass is 9.84. The molecule has 5 nitrogen and oxygen atoms in total. The summed E-state index contributed by atoms with van der Waals surface area (Å²) in [7, 11) is 3.41. The monoisotopic (exact) mass is 319 g/mol. The number of nitrogens with one attached hydrogen (secondary N) is 2. The van der Waals surface area contributed by atoms with Gasteiger partial charge in [0.05, 0.1) is 0 Å². The second-order valence-electron chi connectivity index (χ2n) is 7.39. The number of ether oxygens (including phenoxy) is 1. The normalized spacial score (nSPS) is 22.8. The molecule has 128 valence electrons. The van der Waals surface area contributed by atoms with Crippen LogP contribution in [0.1, 0.15) is 38.9 Å². The van der Waals surface area contributed by atoms with E-state index in [-0.39, 0.29) is 17.4 Å². The molecule has 1 amide bonds. The maximum absolute atomic E-state index is 12.7. The van der Waals surface area contributed by atoms with Gasteiger partial charge in [0.1, 0.15) is 0 Å². The number of carbonyl (C=O) groups is 1. The van der Waals surface area contributed by atoms with E-state index < -0.39 is 6.10 Å². The minimum atomic E-state index is -0.547. The summed E-state index contributed by atoms with van der Waals surface area (Å²) in [5.41, 5.74) is 7.74. The summed E-state index contributed by atoms with van der Waals surface area (Å²) in [5.74, 6) is -0.0142. The molecular weight excluding hydrogens is 290 g/mol. The number of carbonyl (C=O) groups excluding carboxylic acids is 1. The summed E-state index contributed by atoms with van der Waals surface area (Å²) in [6.07, 6.45) is 0.457. The van der Waals surface area contributed by atoms with Crippen LogP contribution in [0, 0.1) is 5.41 Å². The molecule has 23 heavy (non-hydrogen) atoms. The minimum absolute atomic E-state index is 0.0142. The third kappa shape index (κ3) is 4.53. The zero-order valence-corrected chi connectivity index (χ0v) is 14.8. The van der Waals surface area contributed by atoms with Crippen LogP contribution in [0.4, 0.5) is 0 Å². The van der Waals surface area contributed by atoms with Crippen molar-refractivity contribution in [3.63, 3.8) is 0 Å². The molecule has 0 bridgehead atoms. The number of rotatable bonds is 5. The van der Waals surface area contributed by atoms with Crippen LogP contribution in [-0.2, 0) is 9.53 Å². The van der Waals surface area contributed by atoms with E-state index in [0.717, 1.165) is 12.0 Å². The molecule has 1 aromatic rings. The molecule has 1 aliphatic rings. The Morgan fingerprint density at radius 3 is 2.48 bits per heavy atom. The minimum Gasteiger partial charge on any atom is -0.367 e. The van der Waals surface area contributed by atoms with Crippen molar-refractivity contribution in [3.05, 3.63) is 35.9 Å². The van der Waals surface area contributed by atoms with Gasteiger partial charge in [-0.3, -0.25) is 15.6 Å². The highest BCUT2D eigenvalue weighted by molar-refractivity contribution is 5.82. The number of hydrogen-bond donors (Lipinski definition) is 2. The standard InChI is InChI=1S/C18H29N3O2/c1-18(2,3)15-11-14(19-20-15)12-21(4)17(22)16(23-5)13-9-7-6-8-10-13/h6-10,14-16,19-20H,11-12H2,1-5H3. The number of amides is 1. The van der Waals surface area contributed by atoms with Crippen LogP contribution in [0.5, 0.6) is 0 Å². The number of hydrogen-bond acceptors (Lipinski definition) is 4. The second kappa shape index (κ2) is 7.43. The molecular formula is C18H29N3O2. The van der Waals surface area contributed by atoms with Crippen LogP contribution < -0.4 is 10.9 Å². The van der Waals surface area contributed by atoms with E-state index in [0.29, 0.717) is 12.6 Å². The zero-order valence-electron chi connectivity index (χ0n) is 14.8. The summed E-state index contributed by atoms with van der Waals surface area (Å²) >= 11 is 0. The summed E-state index contributed by atoms with van der Waals surface area (Å²) in [4.78, 5) is 14.4. The molecule has 0 spiro atoms. The van der Waals surface area contributed by atoms with Crippen molar-refractivity contribution in [3.8, 4) is 0 Å². The predicted octanol–water partition coefficient (Wildman–Crippen LogP) is 2.11. The lowest BCUT2D eigenvalue weighted by molar-refractivity contribution is -0.141. The number of nitrogens with zero attached hydrogens (tertiary/aromatic N) is 1. The summed E-state index contributed by atoms with van der Waals surface area (Å²) in [6.45, 7) is 7.32. The van der Waals surface area contributed by atoms with Gasteiger partial charge in [0.15, 0.2) is 6.10 Å². The van der Waals surface area contributed by atoms with Crippen molar-refractivity contribution in [1.82, 2.24) is 15.8 Å². The van der Waals surface area contributed by atoms with Crippen molar-refractivity contribution >= 4 is 5.91 Å². The molecule has 1 heterocycles. The first-order valence-electron chi connectivity index (χ1n) is 8.16. The third-order valence-electron chi connectivity index (χ3n) is 4.46. The smallest absolute Gasteiger partial charge is 0.256 e. The maximum atomic E-state index is 12.7. The Labute approximate surface area is 139 Å². The average molecular weight is 319 g/mol. The van der Waals surface area contributed by atoms with Crippen molar-refractivity contribution in [2.45, 2.75) is 45.4 Å². The first-order chi connectivity index (χ1) is 10.8. The van der Waals surface area contributed by atoms with Gasteiger partial charge in [-0.25, -0.2) is 0 Å². The van der Waals surface area contributed by atoms with Gasteiger partial charge >= 0.3 is 0 Å². The zero-order chi connectivity index (χ0) is 17.0. The Morgan fingerprint density at radius 2 is 1.96 bits per heavy atom. The summed E-state index contributed by atoms with van der Waals surface area (Å²) in [6, 6.07) is 10.3. The molecule has 2 N–H and O–H groups in total. The van der Waals surface area contributed by atoms with Gasteiger partial charge in [0.25, 0.3) is 5.91 Å². The maximum Gasteiger partial charge on any atom is 0.256 e. The number of benzene rings is 1. The van der Waals surface area contributed by atoms with Gasteiger partial charge in [-0.1, -0.05) is 51.1 Å². The Hall–Kier alpha value is -1.43. The van der Waals surface area contributed by atoms with E-state index in [9.17, 15) is 4.79 Å². The van der Waals surface area contributed by atoms with Gasteiger partial charge in [-0.05, 0) is 17.4 Å². The lowest BCUT2D eigenvalue weighted by Crippen LogP contribution is -2.44. The van der Waals surface area contributed by atoms with E-state index in [1.165, 1.54) is 0 Å². The fourth-order valence-corrected chi connectivity index (χ4v) is 2.94. The second-order valence-corrected chi connectivity index (χ2v) is 7.39. The molecule has 3 atom stereocenters. The topological polar surface area (TPSA) is 53.6 Å². The SMILES string of the molecule is COC(C(=O)N(C)CC1CC(C(C)(C)C)NN1)c1ccccc1. The molecule has 1 aliphatic heterocycles. The highest BCUT2D eigenvalue weighted by atomic mass is 16.5. The van der Waals surface area contributed by atoms with Gasteiger partial charge < -0.3 is 9.64 Å². The lowest BCUT2D eigenvalue weighted by Gasteiger charge is -2.27. The van der Waals surface area contributed by atoms with Crippen LogP contribution in [0.2, 0.25) is 0 Å². The van der Waals surface area contributed by atoms with Crippen LogP contribution in [0.3, 0.4) is 0 Å². The molecule has 1 fully saturated rings. The summed E-state index contributed by atoms with van der Waals surface area (Å²) < 4.78 is 5.43. The fraction of sp³-hybridized carbons (Fsp3) is 0.611. The van der Waals surface area contributed by atoms with Gasteiger partial charge in [-0.15, -0.1) is 0 Å². The molecule has 1 saturated heterocycles. The average Bonchev–Trinajstić information content (AvgIpc) is 2.97. The van der Waals surface area contributed by atoms with E-state index in [2.05, 4.69) is 31.6 Å². The summed E-state index contributed by atoms with van der Waals surface area (Å²) in [5, 5.41) is 0. The Kier molecular flexibility index (Phi) is 5.79. The first-order valence-corrected chi connectivity index (χ1v) is 8.16. The molecule has 0 saturated carbocycles. The highest BCUT2D eigenvalue weighted by Crippen LogP contribution is 2.26. The predicted molar refractivity (Wildman–Crippen MR) is 91.7 cm³/mol. The quantitative estimate of drug-likeness (QED) is 0.873. The molecule has 3 unspecified atom stereocenters. The largest absolute Gasteiger partial charge is 0.367 e. The first kappa shape index (κ1) is 17.9. The highest BCUT2D eigenvalue weighted by Gasteiger charge is 2.34. The number of hydrazine groups is 1. The van der Waals surface area contributed by atoms with E-state index in [1.807, 2.05) is 37.4 Å². The van der Waals surface area contributed by atoms with E-state index >= 15 is 0 Å². The number of likely N-dealkylation sites (N-methyl/N-ethyl adjacent to an activating group) is 1. The van der Waals surface area contributed by atoms with E-state index in [4.69, 9.17) is 4.74 Å². The molecule has 0 aliphatic carbocycles. The fourth-order valence-electron chi connectivity index (χ4n) is 2.94. The van der Waals surface area contributed by atoms with Crippen molar-refractivity contribution in [1.29, 1.82) is 0 Å². The third-order valence-corrected chi connectivity index (χ3v) is 4.46. The Morgan fingerprint density at radius 1 is 1.30 bits per heavy atom.